The lowest BCUT2D eigenvalue weighted by atomic mass is 10.1. The Labute approximate surface area is 178 Å². The number of sulfone groups is 1. The highest BCUT2D eigenvalue weighted by Gasteiger charge is 2.05. The van der Waals surface area contributed by atoms with Crippen LogP contribution in [0.1, 0.15) is 16.7 Å². The molecule has 2 aromatic rings. The summed E-state index contributed by atoms with van der Waals surface area (Å²) >= 11 is 0. The van der Waals surface area contributed by atoms with Gasteiger partial charge in [0.1, 0.15) is 5.75 Å². The van der Waals surface area contributed by atoms with Gasteiger partial charge in [0.15, 0.2) is 15.8 Å². The Bertz CT molecular complexity index is 836. The summed E-state index contributed by atoms with van der Waals surface area (Å²) in [7, 11) is 0.356. The molecule has 0 bridgehead atoms. The second kappa shape index (κ2) is 11.1. The first-order valence-corrected chi connectivity index (χ1v) is 10.3. The third-order valence-corrected chi connectivity index (χ3v) is 4.61. The fraction of sp³-hybridized carbons (Fsp3) is 0.316. The Morgan fingerprint density at radius 2 is 1.37 bits per heavy atom. The van der Waals surface area contributed by atoms with Crippen LogP contribution < -0.4 is 15.4 Å². The van der Waals surface area contributed by atoms with Gasteiger partial charge in [-0.1, -0.05) is 36.4 Å². The molecule has 0 aliphatic heterocycles. The van der Waals surface area contributed by atoms with Crippen LogP contribution in [-0.4, -0.2) is 34.8 Å². The van der Waals surface area contributed by atoms with Gasteiger partial charge in [0.05, 0.1) is 12.9 Å². The van der Waals surface area contributed by atoms with Crippen LogP contribution in [0.4, 0.5) is 0 Å². The molecule has 6 nitrogen and oxygen atoms in total. The van der Waals surface area contributed by atoms with E-state index in [9.17, 15) is 8.42 Å². The molecule has 2 rings (SSSR count). The van der Waals surface area contributed by atoms with E-state index in [0.29, 0.717) is 19.0 Å². The molecule has 0 amide bonds. The highest BCUT2D eigenvalue weighted by molar-refractivity contribution is 14.0. The van der Waals surface area contributed by atoms with E-state index in [2.05, 4.69) is 15.6 Å². The van der Waals surface area contributed by atoms with Gasteiger partial charge in [0.25, 0.3) is 0 Å². The van der Waals surface area contributed by atoms with Crippen LogP contribution in [0.15, 0.2) is 53.5 Å². The molecule has 0 atom stereocenters. The first kappa shape index (κ1) is 23.2. The van der Waals surface area contributed by atoms with Crippen molar-refractivity contribution in [3.63, 3.8) is 0 Å². The van der Waals surface area contributed by atoms with Crippen molar-refractivity contribution in [2.45, 2.75) is 18.8 Å². The van der Waals surface area contributed by atoms with Crippen LogP contribution in [0.5, 0.6) is 5.75 Å². The number of benzene rings is 2. The normalized spacial score (nSPS) is 11.4. The summed E-state index contributed by atoms with van der Waals surface area (Å²) in [5.74, 6) is 1.59. The van der Waals surface area contributed by atoms with Crippen molar-refractivity contribution in [3.05, 3.63) is 65.2 Å². The first-order chi connectivity index (χ1) is 12.4. The van der Waals surface area contributed by atoms with Crippen molar-refractivity contribution in [1.29, 1.82) is 0 Å². The van der Waals surface area contributed by atoms with Gasteiger partial charge >= 0.3 is 0 Å². The van der Waals surface area contributed by atoms with E-state index >= 15 is 0 Å². The number of rotatable bonds is 7. The van der Waals surface area contributed by atoms with E-state index in [1.807, 2.05) is 48.5 Å². The molecule has 0 aromatic heterocycles. The number of hydrogen-bond donors (Lipinski definition) is 2. The molecule has 0 spiro atoms. The predicted molar refractivity (Wildman–Crippen MR) is 120 cm³/mol. The molecule has 0 radical (unpaired) electrons. The number of guanidine groups is 1. The Morgan fingerprint density at radius 1 is 0.926 bits per heavy atom. The summed E-state index contributed by atoms with van der Waals surface area (Å²) in [5, 5.41) is 6.50. The van der Waals surface area contributed by atoms with Gasteiger partial charge in [-0.25, -0.2) is 8.42 Å². The molecular weight excluding hydrogens is 477 g/mol. The van der Waals surface area contributed by atoms with Crippen molar-refractivity contribution in [2.24, 2.45) is 4.99 Å². The lowest BCUT2D eigenvalue weighted by Gasteiger charge is -2.12. The van der Waals surface area contributed by atoms with Crippen LogP contribution in [-0.2, 0) is 28.7 Å². The number of nitrogens with one attached hydrogen (secondary N) is 2. The van der Waals surface area contributed by atoms with Crippen molar-refractivity contribution >= 4 is 39.8 Å². The molecule has 0 heterocycles. The summed E-state index contributed by atoms with van der Waals surface area (Å²) < 4.78 is 27.8. The molecule has 148 valence electrons. The highest BCUT2D eigenvalue weighted by atomic mass is 127. The van der Waals surface area contributed by atoms with Gasteiger partial charge in [0, 0.05) is 26.4 Å². The van der Waals surface area contributed by atoms with Crippen LogP contribution >= 0.6 is 24.0 Å². The molecule has 2 N–H and O–H groups in total. The van der Waals surface area contributed by atoms with Gasteiger partial charge in [-0.15, -0.1) is 24.0 Å². The van der Waals surface area contributed by atoms with Gasteiger partial charge < -0.3 is 15.4 Å². The van der Waals surface area contributed by atoms with Crippen molar-refractivity contribution < 1.29 is 13.2 Å². The minimum Gasteiger partial charge on any atom is -0.497 e. The lowest BCUT2D eigenvalue weighted by molar-refractivity contribution is 0.414. The van der Waals surface area contributed by atoms with Gasteiger partial charge in [-0.3, -0.25) is 4.99 Å². The van der Waals surface area contributed by atoms with E-state index < -0.39 is 9.84 Å². The molecule has 8 heteroatoms. The number of hydrogen-bond acceptors (Lipinski definition) is 4. The Morgan fingerprint density at radius 3 is 1.78 bits per heavy atom. The second-order valence-electron chi connectivity index (χ2n) is 6.01. The maximum atomic E-state index is 11.3. The standard InChI is InChI=1S/C19H25N3O3S.HI/c1-20-19(22-13-16-8-10-18(25-2)11-9-16)21-12-15-4-6-17(7-5-15)14-26(3,23)24;/h4-11H,12-14H2,1-3H3,(H2,20,21,22);1H. The van der Waals surface area contributed by atoms with Crippen LogP contribution in [0, 0.1) is 0 Å². The van der Waals surface area contributed by atoms with Gasteiger partial charge in [0.2, 0.25) is 0 Å². The zero-order valence-corrected chi connectivity index (χ0v) is 18.9. The molecule has 0 aliphatic carbocycles. The zero-order chi connectivity index (χ0) is 19.0. The lowest BCUT2D eigenvalue weighted by Crippen LogP contribution is -2.36. The minimum atomic E-state index is -3.01. The summed E-state index contributed by atoms with van der Waals surface area (Å²) in [4.78, 5) is 4.21. The van der Waals surface area contributed by atoms with E-state index in [1.54, 1.807) is 14.2 Å². The number of nitrogens with zero attached hydrogens (tertiary/aromatic N) is 1. The van der Waals surface area contributed by atoms with E-state index in [4.69, 9.17) is 4.74 Å². The van der Waals surface area contributed by atoms with Crippen LogP contribution in [0.3, 0.4) is 0 Å². The molecule has 0 saturated carbocycles. The van der Waals surface area contributed by atoms with E-state index in [0.717, 1.165) is 22.4 Å². The fourth-order valence-corrected chi connectivity index (χ4v) is 3.19. The van der Waals surface area contributed by atoms with Crippen molar-refractivity contribution in [2.75, 3.05) is 20.4 Å². The van der Waals surface area contributed by atoms with Crippen LogP contribution in [0.2, 0.25) is 0 Å². The minimum absolute atomic E-state index is 0. The third kappa shape index (κ3) is 8.61. The Hall–Kier alpha value is -1.81. The molecular formula is C19H26IN3O3S. The highest BCUT2D eigenvalue weighted by Crippen LogP contribution is 2.11. The quantitative estimate of drug-likeness (QED) is 0.345. The van der Waals surface area contributed by atoms with Crippen LogP contribution in [0.25, 0.3) is 0 Å². The maximum absolute atomic E-state index is 11.3. The summed E-state index contributed by atoms with van der Waals surface area (Å²) in [6.07, 6.45) is 1.24. The fourth-order valence-electron chi connectivity index (χ4n) is 2.39. The third-order valence-electron chi connectivity index (χ3n) is 3.75. The molecule has 27 heavy (non-hydrogen) atoms. The largest absolute Gasteiger partial charge is 0.497 e. The predicted octanol–water partition coefficient (Wildman–Crippen LogP) is 2.72. The van der Waals surface area contributed by atoms with Crippen molar-refractivity contribution in [3.8, 4) is 5.75 Å². The molecule has 0 aliphatic rings. The first-order valence-electron chi connectivity index (χ1n) is 8.22. The van der Waals surface area contributed by atoms with Gasteiger partial charge in [-0.05, 0) is 28.8 Å². The monoisotopic (exact) mass is 503 g/mol. The number of ether oxygens (including phenoxy) is 1. The Balaban J connectivity index is 0.00000364. The summed E-state index contributed by atoms with van der Waals surface area (Å²) in [5.41, 5.74) is 2.96. The summed E-state index contributed by atoms with van der Waals surface area (Å²) in [6.45, 7) is 1.25. The topological polar surface area (TPSA) is 79.8 Å². The second-order valence-corrected chi connectivity index (χ2v) is 8.15. The zero-order valence-electron chi connectivity index (χ0n) is 15.7. The smallest absolute Gasteiger partial charge is 0.191 e. The van der Waals surface area contributed by atoms with Gasteiger partial charge in [-0.2, -0.15) is 0 Å². The number of halogens is 1. The molecule has 0 unspecified atom stereocenters. The Kier molecular flexibility index (Phi) is 9.57. The van der Waals surface area contributed by atoms with Crippen molar-refractivity contribution in [1.82, 2.24) is 10.6 Å². The maximum Gasteiger partial charge on any atom is 0.191 e. The summed E-state index contributed by atoms with van der Waals surface area (Å²) in [6, 6.07) is 15.4. The van der Waals surface area contributed by atoms with E-state index in [-0.39, 0.29) is 29.7 Å². The SMILES string of the molecule is CN=C(NCc1ccc(CS(C)(=O)=O)cc1)NCc1ccc(OC)cc1.I. The average Bonchev–Trinajstić information content (AvgIpc) is 2.62. The average molecular weight is 503 g/mol. The number of aliphatic imine (C=N–C) groups is 1. The molecule has 0 saturated heterocycles. The van der Waals surface area contributed by atoms with E-state index in [1.165, 1.54) is 6.26 Å². The molecule has 2 aromatic carbocycles. The number of methoxy groups -OCH3 is 1. The molecule has 0 fully saturated rings.